The predicted molar refractivity (Wildman–Crippen MR) is 82.7 cm³/mol. The van der Waals surface area contributed by atoms with Crippen LogP contribution in [0.3, 0.4) is 0 Å². The van der Waals surface area contributed by atoms with E-state index in [-0.39, 0.29) is 0 Å². The van der Waals surface area contributed by atoms with E-state index in [1.165, 1.54) is 4.90 Å². The molecule has 2 aromatic rings. The van der Waals surface area contributed by atoms with E-state index in [0.29, 0.717) is 23.5 Å². The predicted octanol–water partition coefficient (Wildman–Crippen LogP) is 3.19. The lowest BCUT2D eigenvalue weighted by Gasteiger charge is -2.18. The Labute approximate surface area is 130 Å². The first kappa shape index (κ1) is 13.8. The number of halogens is 1. The molecule has 0 atom stereocenters. The highest BCUT2D eigenvalue weighted by atomic mass is 79.9. The molecule has 1 heterocycles. The summed E-state index contributed by atoms with van der Waals surface area (Å²) in [5.41, 5.74) is 1.96. The van der Waals surface area contributed by atoms with Crippen molar-refractivity contribution in [3.63, 3.8) is 0 Å². The second-order valence-electron chi connectivity index (χ2n) is 4.69. The zero-order valence-corrected chi connectivity index (χ0v) is 12.9. The van der Waals surface area contributed by atoms with Gasteiger partial charge in [0.05, 0.1) is 24.9 Å². The van der Waals surface area contributed by atoms with Crippen molar-refractivity contribution in [2.24, 2.45) is 0 Å². The fraction of sp³-hybridized carbons (Fsp3) is 0.125. The van der Waals surface area contributed by atoms with Crippen molar-refractivity contribution in [1.82, 2.24) is 0 Å². The SMILES string of the molecule is COc1ccc2c(c1)N(Cc1ccccc1Br)C(=O)C2=O. The molecule has 106 valence electrons. The molecule has 5 heteroatoms. The van der Waals surface area contributed by atoms with E-state index < -0.39 is 11.7 Å². The maximum atomic E-state index is 12.2. The third-order valence-corrected chi connectivity index (χ3v) is 4.24. The van der Waals surface area contributed by atoms with Crippen molar-refractivity contribution in [2.45, 2.75) is 6.54 Å². The lowest BCUT2D eigenvalue weighted by Crippen LogP contribution is -2.29. The van der Waals surface area contributed by atoms with Crippen LogP contribution in [0.5, 0.6) is 5.75 Å². The number of carbonyl (C=O) groups is 2. The minimum absolute atomic E-state index is 0.339. The number of ether oxygens (including phenoxy) is 1. The van der Waals surface area contributed by atoms with Gasteiger partial charge in [-0.05, 0) is 23.8 Å². The number of hydrogen-bond acceptors (Lipinski definition) is 3. The Morgan fingerprint density at radius 1 is 1.14 bits per heavy atom. The molecule has 3 rings (SSSR count). The van der Waals surface area contributed by atoms with Crippen molar-refractivity contribution < 1.29 is 14.3 Å². The zero-order chi connectivity index (χ0) is 15.0. The van der Waals surface area contributed by atoms with E-state index in [9.17, 15) is 9.59 Å². The molecule has 1 aliphatic heterocycles. The summed E-state index contributed by atoms with van der Waals surface area (Å²) < 4.78 is 6.08. The minimum Gasteiger partial charge on any atom is -0.497 e. The van der Waals surface area contributed by atoms with Gasteiger partial charge in [-0.15, -0.1) is 0 Å². The van der Waals surface area contributed by atoms with Crippen molar-refractivity contribution in [2.75, 3.05) is 12.0 Å². The van der Waals surface area contributed by atoms with Crippen LogP contribution in [0.25, 0.3) is 0 Å². The molecule has 4 nitrogen and oxygen atoms in total. The van der Waals surface area contributed by atoms with Crippen LogP contribution < -0.4 is 9.64 Å². The van der Waals surface area contributed by atoms with Gasteiger partial charge in [0.1, 0.15) is 5.75 Å². The second kappa shape index (κ2) is 5.33. The van der Waals surface area contributed by atoms with Crippen LogP contribution in [0, 0.1) is 0 Å². The standard InChI is InChI=1S/C16H12BrNO3/c1-21-11-6-7-12-14(8-11)18(16(20)15(12)19)9-10-4-2-3-5-13(10)17/h2-8H,9H2,1H3. The van der Waals surface area contributed by atoms with Crippen molar-refractivity contribution >= 4 is 33.3 Å². The topological polar surface area (TPSA) is 46.6 Å². The van der Waals surface area contributed by atoms with Gasteiger partial charge in [-0.3, -0.25) is 9.59 Å². The van der Waals surface area contributed by atoms with Gasteiger partial charge in [0.2, 0.25) is 0 Å². The lowest BCUT2D eigenvalue weighted by molar-refractivity contribution is -0.114. The number of benzene rings is 2. The Hall–Kier alpha value is -2.14. The first-order valence-electron chi connectivity index (χ1n) is 6.39. The summed E-state index contributed by atoms with van der Waals surface area (Å²) in [5.74, 6) is -0.359. The normalized spacial score (nSPS) is 13.5. The quantitative estimate of drug-likeness (QED) is 0.802. The van der Waals surface area contributed by atoms with Crippen LogP contribution in [-0.2, 0) is 11.3 Å². The number of amides is 1. The van der Waals surface area contributed by atoms with Crippen molar-refractivity contribution in [3.8, 4) is 5.75 Å². The molecule has 0 N–H and O–H groups in total. The monoisotopic (exact) mass is 345 g/mol. The van der Waals surface area contributed by atoms with Crippen LogP contribution in [-0.4, -0.2) is 18.8 Å². The van der Waals surface area contributed by atoms with E-state index in [2.05, 4.69) is 15.9 Å². The summed E-state index contributed by atoms with van der Waals surface area (Å²) in [6.45, 7) is 0.339. The summed E-state index contributed by atoms with van der Waals surface area (Å²) in [6, 6.07) is 12.7. The molecule has 0 bridgehead atoms. The number of methoxy groups -OCH3 is 1. The van der Waals surface area contributed by atoms with Gasteiger partial charge in [-0.1, -0.05) is 34.1 Å². The average Bonchev–Trinajstić information content (AvgIpc) is 2.74. The highest BCUT2D eigenvalue weighted by Crippen LogP contribution is 2.34. The van der Waals surface area contributed by atoms with E-state index in [4.69, 9.17) is 4.74 Å². The first-order chi connectivity index (χ1) is 10.1. The molecule has 0 unspecified atom stereocenters. The largest absolute Gasteiger partial charge is 0.497 e. The summed E-state index contributed by atoms with van der Waals surface area (Å²) in [7, 11) is 1.55. The number of Topliss-reactive ketones (excluding diaryl/α,β-unsaturated/α-hetero) is 1. The first-order valence-corrected chi connectivity index (χ1v) is 7.18. The van der Waals surface area contributed by atoms with Crippen LogP contribution in [0.1, 0.15) is 15.9 Å². The van der Waals surface area contributed by atoms with Gasteiger partial charge in [0.15, 0.2) is 0 Å². The number of carbonyl (C=O) groups excluding carboxylic acids is 2. The van der Waals surface area contributed by atoms with Crippen molar-refractivity contribution in [1.29, 1.82) is 0 Å². The second-order valence-corrected chi connectivity index (χ2v) is 5.55. The van der Waals surface area contributed by atoms with Gasteiger partial charge in [0, 0.05) is 10.5 Å². The van der Waals surface area contributed by atoms with Crippen LogP contribution >= 0.6 is 15.9 Å². The van der Waals surface area contributed by atoms with Crippen LogP contribution in [0.15, 0.2) is 46.9 Å². The fourth-order valence-corrected chi connectivity index (χ4v) is 2.77. The maximum absolute atomic E-state index is 12.2. The third kappa shape index (κ3) is 2.34. The molecule has 0 saturated carbocycles. The molecule has 0 saturated heterocycles. The molecule has 0 radical (unpaired) electrons. The minimum atomic E-state index is -0.506. The number of nitrogens with zero attached hydrogens (tertiary/aromatic N) is 1. The van der Waals surface area contributed by atoms with E-state index in [1.807, 2.05) is 24.3 Å². The molecule has 0 spiro atoms. The fourth-order valence-electron chi connectivity index (χ4n) is 2.35. The molecule has 0 fully saturated rings. The molecule has 1 aliphatic rings. The van der Waals surface area contributed by atoms with Crippen molar-refractivity contribution in [3.05, 3.63) is 58.1 Å². The van der Waals surface area contributed by atoms with Gasteiger partial charge in [-0.2, -0.15) is 0 Å². The summed E-state index contributed by atoms with van der Waals surface area (Å²) in [4.78, 5) is 25.7. The molecule has 1 amide bonds. The average molecular weight is 346 g/mol. The number of hydrogen-bond donors (Lipinski definition) is 0. The van der Waals surface area contributed by atoms with Crippen LogP contribution in [0.2, 0.25) is 0 Å². The van der Waals surface area contributed by atoms with Gasteiger partial charge < -0.3 is 9.64 Å². The Morgan fingerprint density at radius 2 is 1.90 bits per heavy atom. The molecule has 2 aromatic carbocycles. The van der Waals surface area contributed by atoms with Gasteiger partial charge in [-0.25, -0.2) is 0 Å². The smallest absolute Gasteiger partial charge is 0.299 e. The van der Waals surface area contributed by atoms with E-state index in [0.717, 1.165) is 10.0 Å². The molecular formula is C16H12BrNO3. The highest BCUT2D eigenvalue weighted by Gasteiger charge is 2.36. The summed E-state index contributed by atoms with van der Waals surface area (Å²) in [6.07, 6.45) is 0. The number of fused-ring (bicyclic) bond motifs is 1. The molecular weight excluding hydrogens is 334 g/mol. The number of anilines is 1. The van der Waals surface area contributed by atoms with Crippen LogP contribution in [0.4, 0.5) is 5.69 Å². The van der Waals surface area contributed by atoms with Gasteiger partial charge >= 0.3 is 0 Å². The van der Waals surface area contributed by atoms with E-state index in [1.54, 1.807) is 25.3 Å². The molecule has 21 heavy (non-hydrogen) atoms. The summed E-state index contributed by atoms with van der Waals surface area (Å²) in [5, 5.41) is 0. The summed E-state index contributed by atoms with van der Waals surface area (Å²) >= 11 is 3.46. The van der Waals surface area contributed by atoms with Gasteiger partial charge in [0.25, 0.3) is 11.7 Å². The highest BCUT2D eigenvalue weighted by molar-refractivity contribution is 9.10. The third-order valence-electron chi connectivity index (χ3n) is 3.47. The Balaban J connectivity index is 2.02. The number of ketones is 1. The Morgan fingerprint density at radius 3 is 2.62 bits per heavy atom. The Bertz CT molecular complexity index is 742. The lowest BCUT2D eigenvalue weighted by atomic mass is 10.1. The Kier molecular flexibility index (Phi) is 3.51. The molecule has 0 aliphatic carbocycles. The maximum Gasteiger partial charge on any atom is 0.299 e. The zero-order valence-electron chi connectivity index (χ0n) is 11.3. The van der Waals surface area contributed by atoms with E-state index >= 15 is 0 Å². The number of rotatable bonds is 3. The molecule has 0 aromatic heterocycles.